The molecule has 2 aromatic carbocycles. The Morgan fingerprint density at radius 2 is 1.74 bits per heavy atom. The number of thiazole rings is 1. The number of carbonyl (C=O) groups is 1. The van der Waals surface area contributed by atoms with Gasteiger partial charge in [-0.3, -0.25) is 4.79 Å². The van der Waals surface area contributed by atoms with E-state index in [1.807, 2.05) is 59.7 Å². The number of hydrogen-bond acceptors (Lipinski definition) is 6. The van der Waals surface area contributed by atoms with Crippen LogP contribution in [-0.4, -0.2) is 37.1 Å². The van der Waals surface area contributed by atoms with Crippen LogP contribution in [0.25, 0.3) is 33.2 Å². The summed E-state index contributed by atoms with van der Waals surface area (Å²) in [6.45, 7) is 3.25. The third kappa shape index (κ3) is 3.65. The van der Waals surface area contributed by atoms with E-state index >= 15 is 0 Å². The predicted molar refractivity (Wildman–Crippen MR) is 136 cm³/mol. The zero-order valence-corrected chi connectivity index (χ0v) is 20.1. The van der Waals surface area contributed by atoms with Gasteiger partial charge in [-0.05, 0) is 47.0 Å². The predicted octanol–water partition coefficient (Wildman–Crippen LogP) is 6.01. The smallest absolute Gasteiger partial charge is 0.254 e. The van der Waals surface area contributed by atoms with E-state index < -0.39 is 0 Å². The average molecular weight is 484 g/mol. The molecule has 8 heteroatoms. The van der Waals surface area contributed by atoms with Crippen LogP contribution >= 0.6 is 22.7 Å². The molecule has 1 atom stereocenters. The van der Waals surface area contributed by atoms with Crippen molar-refractivity contribution in [2.24, 2.45) is 0 Å². The van der Waals surface area contributed by atoms with Crippen LogP contribution in [0.15, 0.2) is 76.8 Å². The number of fused-ring (bicyclic) bond motifs is 1. The molecule has 0 saturated carbocycles. The van der Waals surface area contributed by atoms with Gasteiger partial charge in [-0.1, -0.05) is 42.5 Å². The lowest BCUT2D eigenvalue weighted by Gasteiger charge is -2.33. The van der Waals surface area contributed by atoms with Crippen molar-refractivity contribution >= 4 is 28.6 Å². The zero-order chi connectivity index (χ0) is 23.1. The van der Waals surface area contributed by atoms with Crippen LogP contribution in [0.3, 0.4) is 0 Å². The fraction of sp³-hybridized carbons (Fsp3) is 0.154. The van der Waals surface area contributed by atoms with Gasteiger partial charge < -0.3 is 9.47 Å². The molecular formula is C26H21N5OS2. The molecule has 6 nitrogen and oxygen atoms in total. The first-order chi connectivity index (χ1) is 16.7. The van der Waals surface area contributed by atoms with Crippen LogP contribution in [0.4, 0.5) is 0 Å². The Hall–Kier alpha value is -3.62. The lowest BCUT2D eigenvalue weighted by molar-refractivity contribution is 0.0638. The minimum absolute atomic E-state index is 0.0141. The number of aromatic nitrogens is 4. The highest BCUT2D eigenvalue weighted by molar-refractivity contribution is 7.13. The summed E-state index contributed by atoms with van der Waals surface area (Å²) in [6.07, 6.45) is 0. The summed E-state index contributed by atoms with van der Waals surface area (Å²) < 4.78 is 2.10. The van der Waals surface area contributed by atoms with Gasteiger partial charge in [0.2, 0.25) is 0 Å². The summed E-state index contributed by atoms with van der Waals surface area (Å²) in [7, 11) is 0. The van der Waals surface area contributed by atoms with E-state index in [2.05, 4.69) is 43.7 Å². The van der Waals surface area contributed by atoms with Crippen molar-refractivity contribution in [3.05, 3.63) is 88.2 Å². The Morgan fingerprint density at radius 1 is 0.912 bits per heavy atom. The molecule has 1 aliphatic heterocycles. The SMILES string of the molecule is C[C@@H]1c2nnc(-c3csc(-c4ccccc4)n3)n2CCN1C(=O)c1ccc(-c2ccsc2)cc1. The number of carbonyl (C=O) groups excluding carboxylic acids is 1. The Morgan fingerprint density at radius 3 is 2.50 bits per heavy atom. The quantitative estimate of drug-likeness (QED) is 0.314. The zero-order valence-electron chi connectivity index (χ0n) is 18.5. The largest absolute Gasteiger partial charge is 0.327 e. The third-order valence-electron chi connectivity index (χ3n) is 6.19. The average Bonchev–Trinajstić information content (AvgIpc) is 3.65. The molecule has 0 fully saturated rings. The molecule has 34 heavy (non-hydrogen) atoms. The first kappa shape index (κ1) is 20.9. The molecule has 0 saturated heterocycles. The normalized spacial score (nSPS) is 15.3. The van der Waals surface area contributed by atoms with Gasteiger partial charge in [-0.2, -0.15) is 11.3 Å². The summed E-state index contributed by atoms with van der Waals surface area (Å²) in [4.78, 5) is 20.0. The van der Waals surface area contributed by atoms with Crippen molar-refractivity contribution in [2.45, 2.75) is 19.5 Å². The molecule has 168 valence electrons. The molecule has 0 unspecified atom stereocenters. The van der Waals surface area contributed by atoms with Gasteiger partial charge in [0.1, 0.15) is 10.7 Å². The maximum atomic E-state index is 13.3. The Kier molecular flexibility index (Phi) is 5.31. The first-order valence-corrected chi connectivity index (χ1v) is 12.9. The van der Waals surface area contributed by atoms with Gasteiger partial charge in [0.25, 0.3) is 5.91 Å². The number of amides is 1. The summed E-state index contributed by atoms with van der Waals surface area (Å²) in [6, 6.07) is 19.9. The number of rotatable bonds is 4. The molecule has 3 aromatic heterocycles. The van der Waals surface area contributed by atoms with E-state index in [0.29, 0.717) is 18.7 Å². The summed E-state index contributed by atoms with van der Waals surface area (Å²) in [5, 5.41) is 16.1. The molecule has 0 aliphatic carbocycles. The van der Waals surface area contributed by atoms with E-state index in [1.54, 1.807) is 22.7 Å². The number of benzene rings is 2. The van der Waals surface area contributed by atoms with Gasteiger partial charge in [0.05, 0.1) is 6.04 Å². The van der Waals surface area contributed by atoms with Crippen molar-refractivity contribution in [3.8, 4) is 33.2 Å². The topological polar surface area (TPSA) is 63.9 Å². The highest BCUT2D eigenvalue weighted by Crippen LogP contribution is 2.32. The fourth-order valence-electron chi connectivity index (χ4n) is 4.34. The van der Waals surface area contributed by atoms with Gasteiger partial charge in [-0.25, -0.2) is 4.98 Å². The Balaban J connectivity index is 1.24. The maximum Gasteiger partial charge on any atom is 0.254 e. The second kappa shape index (κ2) is 8.62. The number of thiophene rings is 1. The summed E-state index contributed by atoms with van der Waals surface area (Å²) in [5.74, 6) is 1.56. The number of hydrogen-bond donors (Lipinski definition) is 0. The van der Waals surface area contributed by atoms with Crippen LogP contribution in [-0.2, 0) is 6.54 Å². The van der Waals surface area contributed by atoms with E-state index in [4.69, 9.17) is 4.98 Å². The fourth-order valence-corrected chi connectivity index (χ4v) is 5.81. The molecular weight excluding hydrogens is 462 g/mol. The molecule has 0 N–H and O–H groups in total. The molecule has 1 amide bonds. The highest BCUT2D eigenvalue weighted by atomic mass is 32.1. The molecule has 0 bridgehead atoms. The van der Waals surface area contributed by atoms with E-state index in [-0.39, 0.29) is 11.9 Å². The van der Waals surface area contributed by atoms with Crippen molar-refractivity contribution < 1.29 is 4.79 Å². The number of nitrogens with zero attached hydrogens (tertiary/aromatic N) is 5. The lowest BCUT2D eigenvalue weighted by atomic mass is 10.1. The molecule has 0 radical (unpaired) electrons. The van der Waals surface area contributed by atoms with E-state index in [1.165, 1.54) is 5.56 Å². The highest BCUT2D eigenvalue weighted by Gasteiger charge is 2.32. The summed E-state index contributed by atoms with van der Waals surface area (Å²) >= 11 is 3.27. The minimum atomic E-state index is -0.175. The first-order valence-electron chi connectivity index (χ1n) is 11.1. The van der Waals surface area contributed by atoms with Crippen LogP contribution in [0.1, 0.15) is 29.1 Å². The van der Waals surface area contributed by atoms with Crippen molar-refractivity contribution in [1.82, 2.24) is 24.6 Å². The van der Waals surface area contributed by atoms with Gasteiger partial charge in [0.15, 0.2) is 11.6 Å². The van der Waals surface area contributed by atoms with E-state index in [9.17, 15) is 4.79 Å². The van der Waals surface area contributed by atoms with Crippen LogP contribution in [0, 0.1) is 0 Å². The third-order valence-corrected chi connectivity index (χ3v) is 7.76. The Bertz CT molecular complexity index is 1440. The van der Waals surface area contributed by atoms with E-state index in [0.717, 1.165) is 33.5 Å². The van der Waals surface area contributed by atoms with Crippen LogP contribution in [0.5, 0.6) is 0 Å². The molecule has 6 rings (SSSR count). The summed E-state index contributed by atoms with van der Waals surface area (Å²) in [5.41, 5.74) is 4.89. The molecule has 4 heterocycles. The van der Waals surface area contributed by atoms with Crippen molar-refractivity contribution in [1.29, 1.82) is 0 Å². The van der Waals surface area contributed by atoms with Crippen LogP contribution in [0.2, 0.25) is 0 Å². The minimum Gasteiger partial charge on any atom is -0.327 e. The van der Waals surface area contributed by atoms with Gasteiger partial charge >= 0.3 is 0 Å². The standard InChI is InChI=1S/C26H21N5OS2/c1-17-23-28-29-24(22-16-34-25(27-22)19-5-3-2-4-6-19)31(23)13-12-30(17)26(32)20-9-7-18(8-10-20)21-11-14-33-15-21/h2-11,14-17H,12-13H2,1H3/t17-/m1/s1. The van der Waals surface area contributed by atoms with Crippen LogP contribution < -0.4 is 0 Å². The lowest BCUT2D eigenvalue weighted by Crippen LogP contribution is -2.41. The molecule has 1 aliphatic rings. The molecule has 0 spiro atoms. The van der Waals surface area contributed by atoms with Gasteiger partial charge in [0, 0.05) is 29.6 Å². The monoisotopic (exact) mass is 483 g/mol. The Labute approximate surface area is 205 Å². The maximum absolute atomic E-state index is 13.3. The van der Waals surface area contributed by atoms with Crippen molar-refractivity contribution in [3.63, 3.8) is 0 Å². The van der Waals surface area contributed by atoms with Gasteiger partial charge in [-0.15, -0.1) is 21.5 Å². The second-order valence-corrected chi connectivity index (χ2v) is 9.84. The second-order valence-electron chi connectivity index (χ2n) is 8.20. The van der Waals surface area contributed by atoms with Crippen molar-refractivity contribution in [2.75, 3.05) is 6.54 Å². The molecule has 5 aromatic rings.